The molecule has 1 aliphatic rings. The van der Waals surface area contributed by atoms with Crippen molar-refractivity contribution in [2.75, 3.05) is 0 Å². The molecule has 1 saturated heterocycles. The zero-order valence-corrected chi connectivity index (χ0v) is 9.36. The number of halogens is 1. The summed E-state index contributed by atoms with van der Waals surface area (Å²) in [6, 6.07) is 2.44. The number of rotatable bonds is 1. The predicted molar refractivity (Wildman–Crippen MR) is 59.6 cm³/mol. The molecular formula is C9H9BrN2S. The summed E-state index contributed by atoms with van der Waals surface area (Å²) in [5, 5.41) is 3.27. The summed E-state index contributed by atoms with van der Waals surface area (Å²) in [5.41, 5.74) is 1.20. The van der Waals surface area contributed by atoms with Crippen molar-refractivity contribution in [3.63, 3.8) is 0 Å². The van der Waals surface area contributed by atoms with E-state index in [0.717, 1.165) is 22.3 Å². The highest BCUT2D eigenvalue weighted by molar-refractivity contribution is 9.10. The van der Waals surface area contributed by atoms with Crippen LogP contribution in [0.5, 0.6) is 0 Å². The van der Waals surface area contributed by atoms with Gasteiger partial charge >= 0.3 is 0 Å². The van der Waals surface area contributed by atoms with Gasteiger partial charge in [-0.1, -0.05) is 12.2 Å². The van der Waals surface area contributed by atoms with Gasteiger partial charge in [0.2, 0.25) is 0 Å². The Hall–Kier alpha value is -0.480. The largest absolute Gasteiger partial charge is 0.373 e. The molecule has 0 bridgehead atoms. The summed E-state index contributed by atoms with van der Waals surface area (Å²) < 4.78 is 1.02. The van der Waals surface area contributed by atoms with Gasteiger partial charge in [-0.25, -0.2) is 0 Å². The highest BCUT2D eigenvalue weighted by atomic mass is 79.9. The zero-order valence-electron chi connectivity index (χ0n) is 6.96. The first-order valence-electron chi connectivity index (χ1n) is 4.15. The lowest BCUT2D eigenvalue weighted by atomic mass is 10.1. The topological polar surface area (TPSA) is 24.9 Å². The minimum Gasteiger partial charge on any atom is -0.373 e. The second-order valence-corrected chi connectivity index (χ2v) is 4.50. The van der Waals surface area contributed by atoms with Crippen LogP contribution in [0.2, 0.25) is 0 Å². The molecule has 0 saturated carbocycles. The van der Waals surface area contributed by atoms with Crippen molar-refractivity contribution in [1.29, 1.82) is 0 Å². The SMILES string of the molecule is S=C1CCC(c2cncc(Br)c2)N1. The molecule has 0 spiro atoms. The molecule has 1 aromatic rings. The fraction of sp³-hybridized carbons (Fsp3) is 0.333. The van der Waals surface area contributed by atoms with Crippen molar-refractivity contribution in [2.45, 2.75) is 18.9 Å². The number of pyridine rings is 1. The standard InChI is InChI=1S/C9H9BrN2S/c10-7-3-6(4-11-5-7)8-1-2-9(13)12-8/h3-5,8H,1-2H2,(H,12,13). The minimum atomic E-state index is 0.359. The number of hydrogen-bond acceptors (Lipinski definition) is 2. The Balaban J connectivity index is 2.21. The van der Waals surface area contributed by atoms with E-state index in [1.54, 1.807) is 6.20 Å². The summed E-state index contributed by atoms with van der Waals surface area (Å²) in [5.74, 6) is 0. The van der Waals surface area contributed by atoms with Crippen molar-refractivity contribution in [2.24, 2.45) is 0 Å². The molecule has 2 heterocycles. The average molecular weight is 257 g/mol. The van der Waals surface area contributed by atoms with Gasteiger partial charge in [0.25, 0.3) is 0 Å². The average Bonchev–Trinajstić information content (AvgIpc) is 2.52. The first-order valence-corrected chi connectivity index (χ1v) is 5.35. The first kappa shape index (κ1) is 9.09. The Morgan fingerprint density at radius 3 is 3.00 bits per heavy atom. The Morgan fingerprint density at radius 1 is 1.54 bits per heavy atom. The number of nitrogens with zero attached hydrogens (tertiary/aromatic N) is 1. The number of hydrogen-bond donors (Lipinski definition) is 1. The monoisotopic (exact) mass is 256 g/mol. The van der Waals surface area contributed by atoms with Gasteiger partial charge in [-0.15, -0.1) is 0 Å². The van der Waals surface area contributed by atoms with E-state index in [-0.39, 0.29) is 0 Å². The Labute approximate surface area is 90.9 Å². The molecule has 1 aliphatic heterocycles. The number of nitrogens with one attached hydrogen (secondary N) is 1. The normalized spacial score (nSPS) is 21.6. The van der Waals surface area contributed by atoms with Gasteiger partial charge in [-0.05, 0) is 40.4 Å². The van der Waals surface area contributed by atoms with Crippen molar-refractivity contribution < 1.29 is 0 Å². The summed E-state index contributed by atoms with van der Waals surface area (Å²) in [7, 11) is 0. The van der Waals surface area contributed by atoms with Gasteiger partial charge < -0.3 is 5.32 Å². The minimum absolute atomic E-state index is 0.359. The van der Waals surface area contributed by atoms with Crippen LogP contribution in [0.3, 0.4) is 0 Å². The Bertz CT molecular complexity index is 340. The molecule has 0 radical (unpaired) electrons. The lowest BCUT2D eigenvalue weighted by Crippen LogP contribution is -2.16. The van der Waals surface area contributed by atoms with Crippen LogP contribution < -0.4 is 5.32 Å². The van der Waals surface area contributed by atoms with E-state index >= 15 is 0 Å². The fourth-order valence-corrected chi connectivity index (χ4v) is 2.13. The molecule has 1 fully saturated rings. The fourth-order valence-electron chi connectivity index (χ4n) is 1.48. The van der Waals surface area contributed by atoms with Crippen LogP contribution in [0.1, 0.15) is 24.4 Å². The van der Waals surface area contributed by atoms with E-state index in [1.165, 1.54) is 5.56 Å². The Morgan fingerprint density at radius 2 is 2.38 bits per heavy atom. The van der Waals surface area contributed by atoms with Gasteiger partial charge in [0.1, 0.15) is 0 Å². The van der Waals surface area contributed by atoms with Crippen LogP contribution in [-0.2, 0) is 0 Å². The van der Waals surface area contributed by atoms with Crippen molar-refractivity contribution >= 4 is 33.1 Å². The third kappa shape index (κ3) is 2.06. The van der Waals surface area contributed by atoms with Gasteiger partial charge in [-0.3, -0.25) is 4.98 Å². The second-order valence-electron chi connectivity index (χ2n) is 3.10. The molecule has 0 amide bonds. The van der Waals surface area contributed by atoms with E-state index in [4.69, 9.17) is 12.2 Å². The second kappa shape index (κ2) is 3.72. The van der Waals surface area contributed by atoms with Crippen molar-refractivity contribution in [1.82, 2.24) is 10.3 Å². The van der Waals surface area contributed by atoms with Gasteiger partial charge in [0, 0.05) is 16.9 Å². The van der Waals surface area contributed by atoms with Gasteiger partial charge in [-0.2, -0.15) is 0 Å². The maximum absolute atomic E-state index is 5.09. The van der Waals surface area contributed by atoms with Crippen LogP contribution in [0.25, 0.3) is 0 Å². The molecule has 1 atom stereocenters. The van der Waals surface area contributed by atoms with E-state index < -0.39 is 0 Å². The summed E-state index contributed by atoms with van der Waals surface area (Å²) >= 11 is 8.49. The van der Waals surface area contributed by atoms with Crippen LogP contribution >= 0.6 is 28.1 Å². The molecule has 4 heteroatoms. The molecule has 2 rings (SSSR count). The number of thiocarbonyl (C=S) groups is 1. The molecule has 2 nitrogen and oxygen atoms in total. The lowest BCUT2D eigenvalue weighted by molar-refractivity contribution is 0.671. The summed E-state index contributed by atoms with van der Waals surface area (Å²) in [4.78, 5) is 5.09. The van der Waals surface area contributed by atoms with Gasteiger partial charge in [0.05, 0.1) is 11.0 Å². The molecule has 13 heavy (non-hydrogen) atoms. The van der Waals surface area contributed by atoms with Crippen LogP contribution in [0, 0.1) is 0 Å². The van der Waals surface area contributed by atoms with Crippen molar-refractivity contribution in [3.05, 3.63) is 28.5 Å². The van der Waals surface area contributed by atoms with Crippen LogP contribution in [-0.4, -0.2) is 9.97 Å². The number of aromatic nitrogens is 1. The highest BCUT2D eigenvalue weighted by Crippen LogP contribution is 2.25. The van der Waals surface area contributed by atoms with Gasteiger partial charge in [0.15, 0.2) is 0 Å². The maximum atomic E-state index is 5.09. The molecule has 0 aromatic carbocycles. The molecular weight excluding hydrogens is 248 g/mol. The van der Waals surface area contributed by atoms with E-state index in [2.05, 4.69) is 32.3 Å². The first-order chi connectivity index (χ1) is 6.25. The zero-order chi connectivity index (χ0) is 9.26. The smallest absolute Gasteiger partial charge is 0.0759 e. The van der Waals surface area contributed by atoms with Crippen LogP contribution in [0.4, 0.5) is 0 Å². The summed E-state index contributed by atoms with van der Waals surface area (Å²) in [6.45, 7) is 0. The quantitative estimate of drug-likeness (QED) is 0.783. The van der Waals surface area contributed by atoms with Crippen LogP contribution in [0.15, 0.2) is 22.9 Å². The molecule has 1 unspecified atom stereocenters. The maximum Gasteiger partial charge on any atom is 0.0759 e. The molecule has 1 aromatic heterocycles. The highest BCUT2D eigenvalue weighted by Gasteiger charge is 2.19. The Kier molecular flexibility index (Phi) is 2.60. The molecule has 68 valence electrons. The predicted octanol–water partition coefficient (Wildman–Crippen LogP) is 2.60. The lowest BCUT2D eigenvalue weighted by Gasteiger charge is -2.10. The van der Waals surface area contributed by atoms with Crippen molar-refractivity contribution in [3.8, 4) is 0 Å². The van der Waals surface area contributed by atoms with E-state index in [1.807, 2.05) is 6.20 Å². The molecule has 0 aliphatic carbocycles. The molecule has 1 N–H and O–H groups in total. The van der Waals surface area contributed by atoms with E-state index in [9.17, 15) is 0 Å². The third-order valence-corrected chi connectivity index (χ3v) is 2.88. The van der Waals surface area contributed by atoms with E-state index in [0.29, 0.717) is 6.04 Å². The third-order valence-electron chi connectivity index (χ3n) is 2.12. The summed E-state index contributed by atoms with van der Waals surface area (Å²) in [6.07, 6.45) is 5.75.